The second-order valence-electron chi connectivity index (χ2n) is 7.74. The molecular formula is C27H26N2O2. The molecule has 156 valence electrons. The van der Waals surface area contributed by atoms with Crippen molar-refractivity contribution in [2.45, 2.75) is 20.3 Å². The first-order chi connectivity index (χ1) is 15.0. The molecule has 4 aromatic carbocycles. The van der Waals surface area contributed by atoms with E-state index in [1.807, 2.05) is 60.7 Å². The Balaban J connectivity index is 1.65. The van der Waals surface area contributed by atoms with E-state index in [-0.39, 0.29) is 0 Å². The summed E-state index contributed by atoms with van der Waals surface area (Å²) in [5.74, 6) is 3.13. The van der Waals surface area contributed by atoms with E-state index in [9.17, 15) is 0 Å². The number of hydrogen-bond donors (Lipinski definition) is 2. The van der Waals surface area contributed by atoms with E-state index in [1.54, 1.807) is 0 Å². The van der Waals surface area contributed by atoms with Gasteiger partial charge in [0, 0.05) is 17.8 Å². The van der Waals surface area contributed by atoms with E-state index in [2.05, 4.69) is 38.1 Å². The number of nitrogen functional groups attached to an aromatic ring is 2. The Morgan fingerprint density at radius 2 is 0.935 bits per heavy atom. The van der Waals surface area contributed by atoms with E-state index >= 15 is 0 Å². The Bertz CT molecular complexity index is 1090. The molecule has 0 aliphatic heterocycles. The zero-order chi connectivity index (χ0) is 21.8. The monoisotopic (exact) mass is 410 g/mol. The number of hydrogen-bond acceptors (Lipinski definition) is 4. The zero-order valence-corrected chi connectivity index (χ0v) is 17.8. The van der Waals surface area contributed by atoms with Crippen LogP contribution in [0.3, 0.4) is 0 Å². The molecule has 31 heavy (non-hydrogen) atoms. The van der Waals surface area contributed by atoms with Gasteiger partial charge in [0.25, 0.3) is 0 Å². The zero-order valence-electron chi connectivity index (χ0n) is 17.8. The van der Waals surface area contributed by atoms with Gasteiger partial charge in [0.15, 0.2) is 0 Å². The minimum Gasteiger partial charge on any atom is -0.457 e. The van der Waals surface area contributed by atoms with Crippen molar-refractivity contribution in [1.82, 2.24) is 0 Å². The normalized spacial score (nSPS) is 10.6. The lowest BCUT2D eigenvalue weighted by Gasteiger charge is -2.16. The van der Waals surface area contributed by atoms with Crippen LogP contribution in [0, 0.1) is 13.8 Å². The lowest BCUT2D eigenvalue weighted by Crippen LogP contribution is -1.98. The van der Waals surface area contributed by atoms with Crippen molar-refractivity contribution in [3.05, 3.63) is 107 Å². The van der Waals surface area contributed by atoms with Crippen LogP contribution < -0.4 is 20.9 Å². The summed E-state index contributed by atoms with van der Waals surface area (Å²) in [6.07, 6.45) is 0.679. The second-order valence-corrected chi connectivity index (χ2v) is 7.74. The summed E-state index contributed by atoms with van der Waals surface area (Å²) in [6, 6.07) is 27.3. The Morgan fingerprint density at radius 1 is 0.548 bits per heavy atom. The minimum absolute atomic E-state index is 0.679. The van der Waals surface area contributed by atoms with Crippen LogP contribution >= 0.6 is 0 Å². The van der Waals surface area contributed by atoms with Crippen LogP contribution in [0.4, 0.5) is 11.4 Å². The van der Waals surface area contributed by atoms with Crippen molar-refractivity contribution in [3.63, 3.8) is 0 Å². The van der Waals surface area contributed by atoms with Gasteiger partial charge in [0.05, 0.1) is 0 Å². The predicted molar refractivity (Wildman–Crippen MR) is 127 cm³/mol. The van der Waals surface area contributed by atoms with Crippen molar-refractivity contribution < 1.29 is 9.47 Å². The van der Waals surface area contributed by atoms with Gasteiger partial charge in [-0.15, -0.1) is 0 Å². The molecule has 0 saturated carbocycles. The minimum atomic E-state index is 0.679. The van der Waals surface area contributed by atoms with Crippen LogP contribution in [0.2, 0.25) is 0 Å². The largest absolute Gasteiger partial charge is 0.457 e. The number of ether oxygens (including phenoxy) is 2. The Morgan fingerprint density at radius 3 is 1.32 bits per heavy atom. The van der Waals surface area contributed by atoms with Crippen LogP contribution in [0.25, 0.3) is 0 Å². The molecule has 0 bridgehead atoms. The van der Waals surface area contributed by atoms with Crippen LogP contribution in [0.1, 0.15) is 22.3 Å². The lowest BCUT2D eigenvalue weighted by molar-refractivity contribution is 0.471. The highest BCUT2D eigenvalue weighted by atomic mass is 16.5. The highest BCUT2D eigenvalue weighted by Gasteiger charge is 2.12. The molecule has 0 saturated heterocycles. The highest BCUT2D eigenvalue weighted by molar-refractivity contribution is 5.50. The summed E-state index contributed by atoms with van der Waals surface area (Å²) in [5, 5.41) is 0. The summed E-state index contributed by atoms with van der Waals surface area (Å²) in [6.45, 7) is 4.16. The van der Waals surface area contributed by atoms with E-state index < -0.39 is 0 Å². The third kappa shape index (κ3) is 5.17. The van der Waals surface area contributed by atoms with Crippen molar-refractivity contribution in [2.75, 3.05) is 11.5 Å². The van der Waals surface area contributed by atoms with Gasteiger partial charge < -0.3 is 20.9 Å². The fraction of sp³-hybridized carbons (Fsp3) is 0.111. The van der Waals surface area contributed by atoms with E-state index in [0.717, 1.165) is 34.1 Å². The van der Waals surface area contributed by atoms with Gasteiger partial charge in [-0.05, 0) is 85.6 Å². The lowest BCUT2D eigenvalue weighted by atomic mass is 9.99. The smallest absolute Gasteiger partial charge is 0.130 e. The molecule has 0 aliphatic rings. The van der Waals surface area contributed by atoms with Crippen LogP contribution in [0.5, 0.6) is 23.0 Å². The van der Waals surface area contributed by atoms with Crippen molar-refractivity contribution in [3.8, 4) is 23.0 Å². The maximum atomic E-state index is 6.18. The molecule has 4 nitrogen and oxygen atoms in total. The molecule has 0 heterocycles. The van der Waals surface area contributed by atoms with Gasteiger partial charge in [0.1, 0.15) is 23.0 Å². The number of aryl methyl sites for hydroxylation is 2. The molecule has 4 rings (SSSR count). The average Bonchev–Trinajstić information content (AvgIpc) is 2.75. The van der Waals surface area contributed by atoms with Crippen molar-refractivity contribution in [1.29, 1.82) is 0 Å². The molecule has 4 heteroatoms. The molecule has 0 unspecified atom stereocenters. The molecule has 0 amide bonds. The van der Waals surface area contributed by atoms with E-state index in [4.69, 9.17) is 20.9 Å². The Hall–Kier alpha value is -3.92. The number of benzene rings is 4. The number of anilines is 2. The van der Waals surface area contributed by atoms with Gasteiger partial charge in [0.2, 0.25) is 0 Å². The Kier molecular flexibility index (Phi) is 5.80. The fourth-order valence-electron chi connectivity index (χ4n) is 3.42. The predicted octanol–water partition coefficient (Wildman–Crippen LogP) is 6.64. The molecular weight excluding hydrogens is 384 g/mol. The van der Waals surface area contributed by atoms with Crippen LogP contribution in [-0.4, -0.2) is 0 Å². The Labute approximate surface area is 183 Å². The number of nitrogens with two attached hydrogens (primary N) is 2. The molecule has 0 aromatic heterocycles. The molecule has 0 atom stereocenters. The summed E-state index contributed by atoms with van der Waals surface area (Å²) in [4.78, 5) is 0. The van der Waals surface area contributed by atoms with Crippen LogP contribution in [-0.2, 0) is 6.42 Å². The van der Waals surface area contributed by atoms with Gasteiger partial charge in [-0.25, -0.2) is 0 Å². The summed E-state index contributed by atoms with van der Waals surface area (Å²) < 4.78 is 12.4. The average molecular weight is 411 g/mol. The van der Waals surface area contributed by atoms with Crippen molar-refractivity contribution >= 4 is 11.4 Å². The van der Waals surface area contributed by atoms with Crippen molar-refractivity contribution in [2.24, 2.45) is 0 Å². The second kappa shape index (κ2) is 8.84. The molecule has 0 radical (unpaired) electrons. The van der Waals surface area contributed by atoms with Gasteiger partial charge in [-0.2, -0.15) is 0 Å². The molecule has 4 aromatic rings. The summed E-state index contributed by atoms with van der Waals surface area (Å²) >= 11 is 0. The van der Waals surface area contributed by atoms with E-state index in [0.29, 0.717) is 17.8 Å². The summed E-state index contributed by atoms with van der Waals surface area (Å²) in [5.41, 5.74) is 17.5. The molecule has 0 aliphatic carbocycles. The molecule has 4 N–H and O–H groups in total. The van der Waals surface area contributed by atoms with Gasteiger partial charge in [-0.3, -0.25) is 0 Å². The topological polar surface area (TPSA) is 70.5 Å². The standard InChI is InChI=1S/C27H26N2O2/c1-18-3-13-26(30-24-9-5-22(28)6-10-24)20(15-18)17-21-16-19(2)4-14-27(21)31-25-11-7-23(29)8-12-25/h3-16H,17,28-29H2,1-2H3. The SMILES string of the molecule is Cc1ccc(Oc2ccc(N)cc2)c(Cc2cc(C)ccc2Oc2ccc(N)cc2)c1. The molecule has 0 fully saturated rings. The highest BCUT2D eigenvalue weighted by Crippen LogP contribution is 2.33. The quantitative estimate of drug-likeness (QED) is 0.349. The fourth-order valence-corrected chi connectivity index (χ4v) is 3.42. The maximum Gasteiger partial charge on any atom is 0.130 e. The first-order valence-corrected chi connectivity index (χ1v) is 10.2. The van der Waals surface area contributed by atoms with Crippen LogP contribution in [0.15, 0.2) is 84.9 Å². The summed E-state index contributed by atoms with van der Waals surface area (Å²) in [7, 11) is 0. The first-order valence-electron chi connectivity index (χ1n) is 10.2. The third-order valence-electron chi connectivity index (χ3n) is 5.03. The molecule has 0 spiro atoms. The maximum absolute atomic E-state index is 6.18. The van der Waals surface area contributed by atoms with Gasteiger partial charge in [-0.1, -0.05) is 35.4 Å². The third-order valence-corrected chi connectivity index (χ3v) is 5.03. The van der Waals surface area contributed by atoms with E-state index in [1.165, 1.54) is 11.1 Å². The number of rotatable bonds is 6. The first kappa shape index (κ1) is 20.4. The van der Waals surface area contributed by atoms with Gasteiger partial charge >= 0.3 is 0 Å².